The number of phenols is 2. The van der Waals surface area contributed by atoms with Gasteiger partial charge in [0.15, 0.2) is 17.5 Å². The standard InChI is InChI=1S/C16H23N5O7/c17-16(18)19-6-2-4-9(14(26)21-10(7-22)15(27)28)20-13(25)8-3-1-5-11(23)12(8)24/h1,3,5,9-10,22-24H,2,4,6-7H2,(H,20,25)(H,21,26)(H,27,28)(H4,17,18,19)/t9-,10+/m0/s1. The van der Waals surface area contributed by atoms with E-state index in [-0.39, 0.29) is 30.9 Å². The normalized spacial score (nSPS) is 12.5. The van der Waals surface area contributed by atoms with E-state index in [9.17, 15) is 24.6 Å². The molecule has 2 atom stereocenters. The zero-order chi connectivity index (χ0) is 21.3. The lowest BCUT2D eigenvalue weighted by Crippen LogP contribution is -2.52. The number of aliphatic imine (C=N–C) groups is 1. The minimum absolute atomic E-state index is 0.0334. The third-order valence-electron chi connectivity index (χ3n) is 3.62. The molecular formula is C16H23N5O7. The smallest absolute Gasteiger partial charge is 0.328 e. The van der Waals surface area contributed by atoms with Crippen molar-refractivity contribution in [3.63, 3.8) is 0 Å². The van der Waals surface area contributed by atoms with Gasteiger partial charge in [0.05, 0.1) is 12.2 Å². The molecule has 1 aromatic carbocycles. The first-order valence-electron chi connectivity index (χ1n) is 8.18. The van der Waals surface area contributed by atoms with Crippen LogP contribution in [-0.4, -0.2) is 69.4 Å². The first-order chi connectivity index (χ1) is 13.2. The number of carbonyl (C=O) groups is 3. The lowest BCUT2D eigenvalue weighted by atomic mass is 10.1. The summed E-state index contributed by atoms with van der Waals surface area (Å²) in [7, 11) is 0. The Morgan fingerprint density at radius 3 is 2.36 bits per heavy atom. The monoisotopic (exact) mass is 397 g/mol. The first kappa shape index (κ1) is 22.5. The number of para-hydroxylation sites is 1. The van der Waals surface area contributed by atoms with Crippen LogP contribution in [0.25, 0.3) is 0 Å². The fourth-order valence-corrected chi connectivity index (χ4v) is 2.18. The molecule has 154 valence electrons. The summed E-state index contributed by atoms with van der Waals surface area (Å²) in [6.45, 7) is -0.690. The Hall–Kier alpha value is -3.54. The zero-order valence-corrected chi connectivity index (χ0v) is 14.8. The number of rotatable bonds is 10. The molecule has 0 aromatic heterocycles. The van der Waals surface area contributed by atoms with Crippen molar-refractivity contribution in [2.45, 2.75) is 24.9 Å². The molecule has 0 spiro atoms. The number of phenolic OH excluding ortho intramolecular Hbond substituents is 2. The maximum Gasteiger partial charge on any atom is 0.328 e. The van der Waals surface area contributed by atoms with Crippen molar-refractivity contribution in [2.75, 3.05) is 13.2 Å². The molecule has 0 aliphatic rings. The summed E-state index contributed by atoms with van der Waals surface area (Å²) < 4.78 is 0. The molecule has 0 heterocycles. The number of carboxylic acids is 1. The summed E-state index contributed by atoms with van der Waals surface area (Å²) in [6, 6.07) is 0.955. The van der Waals surface area contributed by atoms with Gasteiger partial charge in [0.25, 0.3) is 5.91 Å². The predicted octanol–water partition coefficient (Wildman–Crippen LogP) is -2.19. The Bertz CT molecular complexity index is 749. The number of nitrogens with two attached hydrogens (primary N) is 2. The van der Waals surface area contributed by atoms with Crippen molar-refractivity contribution in [1.82, 2.24) is 10.6 Å². The summed E-state index contributed by atoms with van der Waals surface area (Å²) in [6.07, 6.45) is 0.296. The third-order valence-corrected chi connectivity index (χ3v) is 3.62. The van der Waals surface area contributed by atoms with Crippen LogP contribution in [0.2, 0.25) is 0 Å². The highest BCUT2D eigenvalue weighted by Gasteiger charge is 2.27. The van der Waals surface area contributed by atoms with Crippen molar-refractivity contribution in [2.24, 2.45) is 16.5 Å². The van der Waals surface area contributed by atoms with Gasteiger partial charge in [-0.3, -0.25) is 14.6 Å². The molecule has 28 heavy (non-hydrogen) atoms. The van der Waals surface area contributed by atoms with E-state index in [0.29, 0.717) is 0 Å². The molecule has 0 radical (unpaired) electrons. The van der Waals surface area contributed by atoms with Crippen molar-refractivity contribution in [3.8, 4) is 11.5 Å². The van der Waals surface area contributed by atoms with E-state index in [1.54, 1.807) is 0 Å². The van der Waals surface area contributed by atoms with Gasteiger partial charge in [0.1, 0.15) is 12.1 Å². The minimum Gasteiger partial charge on any atom is -0.504 e. The summed E-state index contributed by atoms with van der Waals surface area (Å²) in [5, 5.41) is 41.7. The van der Waals surface area contributed by atoms with Gasteiger partial charge < -0.3 is 42.5 Å². The van der Waals surface area contributed by atoms with E-state index >= 15 is 0 Å². The summed E-state index contributed by atoms with van der Waals surface area (Å²) in [5.74, 6) is -4.52. The van der Waals surface area contributed by atoms with Crippen LogP contribution in [0.15, 0.2) is 23.2 Å². The van der Waals surface area contributed by atoms with Crippen LogP contribution in [0.3, 0.4) is 0 Å². The van der Waals surface area contributed by atoms with E-state index in [2.05, 4.69) is 15.6 Å². The third kappa shape index (κ3) is 6.64. The predicted molar refractivity (Wildman–Crippen MR) is 97.6 cm³/mol. The molecule has 0 bridgehead atoms. The average Bonchev–Trinajstić information content (AvgIpc) is 2.63. The zero-order valence-electron chi connectivity index (χ0n) is 14.8. The average molecular weight is 397 g/mol. The Balaban J connectivity index is 2.93. The van der Waals surface area contributed by atoms with Gasteiger partial charge in [-0.2, -0.15) is 0 Å². The van der Waals surface area contributed by atoms with E-state index in [0.717, 1.165) is 0 Å². The second kappa shape index (κ2) is 10.6. The number of hydrogen-bond donors (Lipinski definition) is 8. The van der Waals surface area contributed by atoms with Crippen LogP contribution < -0.4 is 22.1 Å². The van der Waals surface area contributed by atoms with E-state index in [1.807, 2.05) is 0 Å². The molecule has 0 fully saturated rings. The molecule has 2 amide bonds. The number of hydrogen-bond acceptors (Lipinski definition) is 7. The fourth-order valence-electron chi connectivity index (χ4n) is 2.18. The van der Waals surface area contributed by atoms with Crippen LogP contribution >= 0.6 is 0 Å². The van der Waals surface area contributed by atoms with Crippen molar-refractivity contribution in [3.05, 3.63) is 23.8 Å². The minimum atomic E-state index is -1.56. The Labute approximate surface area is 159 Å². The Kier molecular flexibility index (Phi) is 8.49. The van der Waals surface area contributed by atoms with Gasteiger partial charge in [-0.25, -0.2) is 4.79 Å². The Morgan fingerprint density at radius 1 is 1.11 bits per heavy atom. The van der Waals surface area contributed by atoms with Crippen molar-refractivity contribution in [1.29, 1.82) is 0 Å². The van der Waals surface area contributed by atoms with Gasteiger partial charge >= 0.3 is 5.97 Å². The molecule has 12 nitrogen and oxygen atoms in total. The maximum absolute atomic E-state index is 12.4. The van der Waals surface area contributed by atoms with E-state index in [1.165, 1.54) is 18.2 Å². The number of benzene rings is 1. The first-order valence-corrected chi connectivity index (χ1v) is 8.18. The Morgan fingerprint density at radius 2 is 1.79 bits per heavy atom. The molecule has 1 aromatic rings. The number of amides is 2. The lowest BCUT2D eigenvalue weighted by molar-refractivity contribution is -0.143. The molecule has 0 aliphatic heterocycles. The molecular weight excluding hydrogens is 374 g/mol. The second-order valence-electron chi connectivity index (χ2n) is 5.73. The van der Waals surface area contributed by atoms with Crippen molar-refractivity contribution >= 4 is 23.7 Å². The maximum atomic E-state index is 12.4. The second-order valence-corrected chi connectivity index (χ2v) is 5.73. The molecule has 0 saturated carbocycles. The molecule has 0 saturated heterocycles. The number of guanidine groups is 1. The quantitative estimate of drug-likeness (QED) is 0.0928. The summed E-state index contributed by atoms with van der Waals surface area (Å²) >= 11 is 0. The number of carboxylic acid groups (broad SMARTS) is 1. The van der Waals surface area contributed by atoms with Crippen LogP contribution in [0.5, 0.6) is 11.5 Å². The molecule has 0 unspecified atom stereocenters. The molecule has 12 heteroatoms. The number of aliphatic carboxylic acids is 1. The van der Waals surface area contributed by atoms with Crippen molar-refractivity contribution < 1.29 is 34.8 Å². The fraction of sp³-hybridized carbons (Fsp3) is 0.375. The largest absolute Gasteiger partial charge is 0.504 e. The molecule has 10 N–H and O–H groups in total. The topological polar surface area (TPSA) is 221 Å². The number of aliphatic hydroxyl groups is 1. The lowest BCUT2D eigenvalue weighted by Gasteiger charge is -2.20. The number of aromatic hydroxyl groups is 2. The van der Waals surface area contributed by atoms with Gasteiger partial charge in [0, 0.05) is 6.54 Å². The van der Waals surface area contributed by atoms with Crippen LogP contribution in [0, 0.1) is 0 Å². The molecule has 1 rings (SSSR count). The SMILES string of the molecule is NC(N)=NCCC[C@H](NC(=O)c1cccc(O)c1O)C(=O)N[C@H](CO)C(=O)O. The van der Waals surface area contributed by atoms with Crippen LogP contribution in [-0.2, 0) is 9.59 Å². The highest BCUT2D eigenvalue weighted by Crippen LogP contribution is 2.28. The van der Waals surface area contributed by atoms with Crippen LogP contribution in [0.1, 0.15) is 23.2 Å². The summed E-state index contributed by atoms with van der Waals surface area (Å²) in [4.78, 5) is 39.5. The number of nitrogens with one attached hydrogen (secondary N) is 2. The van der Waals surface area contributed by atoms with Gasteiger partial charge in [-0.1, -0.05) is 6.07 Å². The molecule has 0 aliphatic carbocycles. The van der Waals surface area contributed by atoms with Crippen LogP contribution in [0.4, 0.5) is 0 Å². The van der Waals surface area contributed by atoms with Gasteiger partial charge in [-0.05, 0) is 25.0 Å². The highest BCUT2D eigenvalue weighted by atomic mass is 16.4. The van der Waals surface area contributed by atoms with Gasteiger partial charge in [-0.15, -0.1) is 0 Å². The number of aliphatic hydroxyl groups excluding tert-OH is 1. The summed E-state index contributed by atoms with van der Waals surface area (Å²) in [5.41, 5.74) is 10.1. The van der Waals surface area contributed by atoms with E-state index in [4.69, 9.17) is 21.7 Å². The highest BCUT2D eigenvalue weighted by molar-refractivity contribution is 6.00. The number of carbonyl (C=O) groups excluding carboxylic acids is 2. The number of nitrogens with zero attached hydrogens (tertiary/aromatic N) is 1. The van der Waals surface area contributed by atoms with E-state index < -0.39 is 48.0 Å². The van der Waals surface area contributed by atoms with Gasteiger partial charge in [0.2, 0.25) is 5.91 Å².